The van der Waals surface area contributed by atoms with Crippen LogP contribution in [-0.2, 0) is 25.6 Å². The first-order valence-corrected chi connectivity index (χ1v) is 14.5. The van der Waals surface area contributed by atoms with Crippen LogP contribution in [0, 0.1) is 11.8 Å². The summed E-state index contributed by atoms with van der Waals surface area (Å²) in [5, 5.41) is 20.0. The van der Waals surface area contributed by atoms with Crippen molar-refractivity contribution in [1.82, 2.24) is 20.9 Å². The van der Waals surface area contributed by atoms with Crippen molar-refractivity contribution in [2.75, 3.05) is 13.1 Å². The lowest BCUT2D eigenvalue weighted by atomic mass is 9.72. The summed E-state index contributed by atoms with van der Waals surface area (Å²) in [5.74, 6) is -0.866. The number of piperidine rings is 1. The van der Waals surface area contributed by atoms with Gasteiger partial charge in [0.2, 0.25) is 23.6 Å². The normalized spacial score (nSPS) is 23.7. The standard InChI is InChI=1S/C30H47N5O5/c1-19(36)32-24(16-27(31)38)28(39)33-23(14-20-10-6-5-7-11-20)26(37)18-35-17-22-13-9-8-12-21(22)15-25(35)29(40)34-30(2,3)4/h5-7,10-11,21-26,37H,8-9,12-18H2,1-4H3,(H2,31,38)(H,32,36)(H,33,39)(H,34,40)/t21-,22+,23-,24-,25-,26+/m0/s1. The number of likely N-dealkylation sites (tertiary alicyclic amines) is 1. The SMILES string of the molecule is CC(=O)N[C@@H](CC(N)=O)C(=O)N[C@@H](Cc1ccccc1)[C@H](O)CN1C[C@H]2CCCC[C@H]2C[C@H]1C(=O)NC(C)(C)C. The molecule has 2 fully saturated rings. The number of hydrogen-bond donors (Lipinski definition) is 5. The number of carbonyl (C=O) groups is 4. The van der Waals surface area contributed by atoms with Gasteiger partial charge in [-0.05, 0) is 57.4 Å². The molecule has 1 saturated heterocycles. The van der Waals surface area contributed by atoms with Gasteiger partial charge in [0.1, 0.15) is 6.04 Å². The lowest BCUT2D eigenvalue weighted by molar-refractivity contribution is -0.133. The zero-order valence-corrected chi connectivity index (χ0v) is 24.3. The third-order valence-electron chi connectivity index (χ3n) is 7.91. The van der Waals surface area contributed by atoms with E-state index in [2.05, 4.69) is 20.9 Å². The fraction of sp³-hybridized carbons (Fsp3) is 0.667. The quantitative estimate of drug-likeness (QED) is 0.276. The number of fused-ring (bicyclic) bond motifs is 1. The zero-order valence-electron chi connectivity index (χ0n) is 24.3. The molecule has 4 amide bonds. The van der Waals surface area contributed by atoms with E-state index in [0.29, 0.717) is 24.8 Å². The molecule has 222 valence electrons. The molecule has 0 aromatic heterocycles. The van der Waals surface area contributed by atoms with Crippen LogP contribution in [0.4, 0.5) is 0 Å². The predicted molar refractivity (Wildman–Crippen MR) is 153 cm³/mol. The Morgan fingerprint density at radius 1 is 1.05 bits per heavy atom. The predicted octanol–water partition coefficient (Wildman–Crippen LogP) is 1.25. The zero-order chi connectivity index (χ0) is 29.4. The van der Waals surface area contributed by atoms with Crippen molar-refractivity contribution in [2.24, 2.45) is 17.6 Å². The van der Waals surface area contributed by atoms with E-state index in [4.69, 9.17) is 5.73 Å². The van der Waals surface area contributed by atoms with Crippen molar-refractivity contribution in [3.8, 4) is 0 Å². The van der Waals surface area contributed by atoms with E-state index >= 15 is 0 Å². The molecule has 1 saturated carbocycles. The summed E-state index contributed by atoms with van der Waals surface area (Å²) in [6.45, 7) is 8.04. The second-order valence-corrected chi connectivity index (χ2v) is 12.5. The topological polar surface area (TPSA) is 154 Å². The van der Waals surface area contributed by atoms with Crippen molar-refractivity contribution < 1.29 is 24.3 Å². The Kier molecular flexibility index (Phi) is 11.1. The summed E-state index contributed by atoms with van der Waals surface area (Å²) in [5.41, 5.74) is 5.85. The lowest BCUT2D eigenvalue weighted by Gasteiger charge is -2.47. The van der Waals surface area contributed by atoms with Crippen LogP contribution in [0.2, 0.25) is 0 Å². The Bertz CT molecular complexity index is 1010. The number of primary amides is 1. The number of hydrogen-bond acceptors (Lipinski definition) is 6. The van der Waals surface area contributed by atoms with Gasteiger partial charge in [0.15, 0.2) is 0 Å². The van der Waals surface area contributed by atoms with Crippen molar-refractivity contribution in [2.45, 2.75) is 102 Å². The Morgan fingerprint density at radius 3 is 2.30 bits per heavy atom. The number of nitrogens with one attached hydrogen (secondary N) is 3. The molecule has 10 nitrogen and oxygen atoms in total. The van der Waals surface area contributed by atoms with Crippen LogP contribution in [0.15, 0.2) is 30.3 Å². The molecule has 6 atom stereocenters. The Labute approximate surface area is 237 Å². The van der Waals surface area contributed by atoms with E-state index in [1.165, 1.54) is 19.8 Å². The molecule has 0 unspecified atom stereocenters. The molecule has 1 aromatic carbocycles. The van der Waals surface area contributed by atoms with Gasteiger partial charge in [-0.3, -0.25) is 24.1 Å². The minimum absolute atomic E-state index is 0.0421. The number of rotatable bonds is 11. The van der Waals surface area contributed by atoms with Crippen molar-refractivity contribution >= 4 is 23.6 Å². The largest absolute Gasteiger partial charge is 0.390 e. The third-order valence-corrected chi connectivity index (χ3v) is 7.91. The highest BCUT2D eigenvalue weighted by molar-refractivity contribution is 5.91. The Hall–Kier alpha value is -2.98. The number of carbonyl (C=O) groups excluding carboxylic acids is 4. The van der Waals surface area contributed by atoms with E-state index < -0.39 is 35.9 Å². The maximum Gasteiger partial charge on any atom is 0.243 e. The van der Waals surface area contributed by atoms with Crippen LogP contribution in [0.25, 0.3) is 0 Å². The van der Waals surface area contributed by atoms with Gasteiger partial charge in [-0.2, -0.15) is 0 Å². The molecule has 1 aliphatic carbocycles. The number of nitrogens with two attached hydrogens (primary N) is 1. The summed E-state index contributed by atoms with van der Waals surface area (Å²) in [6.07, 6.45) is 4.30. The van der Waals surface area contributed by atoms with Gasteiger partial charge >= 0.3 is 0 Å². The van der Waals surface area contributed by atoms with Crippen LogP contribution in [-0.4, -0.2) is 76.5 Å². The molecule has 6 N–H and O–H groups in total. The summed E-state index contributed by atoms with van der Waals surface area (Å²) in [4.78, 5) is 52.0. The second-order valence-electron chi connectivity index (χ2n) is 12.5. The second kappa shape index (κ2) is 14.1. The molecule has 0 spiro atoms. The van der Waals surface area contributed by atoms with Gasteiger partial charge in [-0.15, -0.1) is 0 Å². The Morgan fingerprint density at radius 2 is 1.70 bits per heavy atom. The van der Waals surface area contributed by atoms with Gasteiger partial charge in [-0.25, -0.2) is 0 Å². The molecule has 0 bridgehead atoms. The van der Waals surface area contributed by atoms with Crippen molar-refractivity contribution in [1.29, 1.82) is 0 Å². The van der Waals surface area contributed by atoms with Crippen LogP contribution in [0.3, 0.4) is 0 Å². The van der Waals surface area contributed by atoms with E-state index in [-0.39, 0.29) is 30.5 Å². The smallest absolute Gasteiger partial charge is 0.243 e. The van der Waals surface area contributed by atoms with Gasteiger partial charge < -0.3 is 26.8 Å². The molecular weight excluding hydrogens is 510 g/mol. The summed E-state index contributed by atoms with van der Waals surface area (Å²) in [7, 11) is 0. The molecule has 10 heteroatoms. The highest BCUT2D eigenvalue weighted by atomic mass is 16.3. The van der Waals surface area contributed by atoms with Crippen LogP contribution < -0.4 is 21.7 Å². The highest BCUT2D eigenvalue weighted by Gasteiger charge is 2.42. The molecular formula is C30H47N5O5. The molecule has 3 rings (SSSR count). The Balaban J connectivity index is 1.82. The van der Waals surface area contributed by atoms with Crippen LogP contribution >= 0.6 is 0 Å². The lowest BCUT2D eigenvalue weighted by Crippen LogP contribution is -2.61. The minimum atomic E-state index is -1.15. The fourth-order valence-electron chi connectivity index (χ4n) is 6.08. The highest BCUT2D eigenvalue weighted by Crippen LogP contribution is 2.39. The van der Waals surface area contributed by atoms with E-state index in [1.54, 1.807) is 0 Å². The van der Waals surface area contributed by atoms with Crippen LogP contribution in [0.5, 0.6) is 0 Å². The molecule has 1 aromatic rings. The number of β-amino-alcohol motifs (C(OH)–C–C–N with tert-alkyl or cyclic N) is 1. The molecule has 1 aliphatic heterocycles. The monoisotopic (exact) mass is 557 g/mol. The van der Waals surface area contributed by atoms with Crippen molar-refractivity contribution in [3.63, 3.8) is 0 Å². The summed E-state index contributed by atoms with van der Waals surface area (Å²) >= 11 is 0. The maximum atomic E-state index is 13.4. The van der Waals surface area contributed by atoms with E-state index in [9.17, 15) is 24.3 Å². The molecule has 1 heterocycles. The number of amides is 4. The first-order chi connectivity index (χ1) is 18.8. The number of benzene rings is 1. The van der Waals surface area contributed by atoms with E-state index in [1.807, 2.05) is 51.1 Å². The first-order valence-electron chi connectivity index (χ1n) is 14.5. The van der Waals surface area contributed by atoms with Gasteiger partial charge in [0.25, 0.3) is 0 Å². The van der Waals surface area contributed by atoms with Gasteiger partial charge in [0.05, 0.1) is 24.6 Å². The number of aliphatic hydroxyl groups is 1. The summed E-state index contributed by atoms with van der Waals surface area (Å²) in [6, 6.07) is 7.23. The van der Waals surface area contributed by atoms with Gasteiger partial charge in [-0.1, -0.05) is 49.6 Å². The third kappa shape index (κ3) is 9.59. The minimum Gasteiger partial charge on any atom is -0.390 e. The molecule has 40 heavy (non-hydrogen) atoms. The average molecular weight is 558 g/mol. The van der Waals surface area contributed by atoms with Crippen LogP contribution in [0.1, 0.15) is 71.8 Å². The fourth-order valence-corrected chi connectivity index (χ4v) is 6.08. The van der Waals surface area contributed by atoms with E-state index in [0.717, 1.165) is 24.8 Å². The summed E-state index contributed by atoms with van der Waals surface area (Å²) < 4.78 is 0. The molecule has 2 aliphatic rings. The van der Waals surface area contributed by atoms with Crippen molar-refractivity contribution in [3.05, 3.63) is 35.9 Å². The maximum absolute atomic E-state index is 13.4. The number of aliphatic hydroxyl groups excluding tert-OH is 1. The number of nitrogens with zero attached hydrogens (tertiary/aromatic N) is 1. The molecule has 0 radical (unpaired) electrons. The average Bonchev–Trinajstić information content (AvgIpc) is 2.86. The van der Waals surface area contributed by atoms with Gasteiger partial charge in [0, 0.05) is 25.6 Å². The first kappa shape index (κ1) is 31.5.